The van der Waals surface area contributed by atoms with Gasteiger partial charge < -0.3 is 9.47 Å². The molecule has 18 heavy (non-hydrogen) atoms. The molecule has 4 nitrogen and oxygen atoms in total. The highest BCUT2D eigenvalue weighted by molar-refractivity contribution is 5.99. The van der Waals surface area contributed by atoms with Crippen LogP contribution in [0.2, 0.25) is 0 Å². The molecule has 2 aromatic rings. The minimum atomic E-state index is -0.405. The van der Waals surface area contributed by atoms with Gasteiger partial charge in [-0.3, -0.25) is 0 Å². The fourth-order valence-corrected chi connectivity index (χ4v) is 1.94. The lowest BCUT2D eigenvalue weighted by Gasteiger charge is -2.10. The Kier molecular flexibility index (Phi) is 2.48. The van der Waals surface area contributed by atoms with E-state index in [9.17, 15) is 9.59 Å². The zero-order chi connectivity index (χ0) is 12.5. The topological polar surface area (TPSA) is 52.6 Å². The Balaban J connectivity index is 2.20. The lowest BCUT2D eigenvalue weighted by atomic mass is 10.0. The van der Waals surface area contributed by atoms with Crippen molar-refractivity contribution in [2.24, 2.45) is 0 Å². The molecular formula is C14H10O4. The first-order valence-corrected chi connectivity index (χ1v) is 5.62. The zero-order valence-electron chi connectivity index (χ0n) is 9.51. The highest BCUT2D eigenvalue weighted by atomic mass is 16.6. The maximum atomic E-state index is 11.7. The van der Waals surface area contributed by atoms with E-state index < -0.39 is 11.9 Å². The molecular weight excluding hydrogens is 232 g/mol. The molecule has 2 aromatic carbocycles. The van der Waals surface area contributed by atoms with Gasteiger partial charge in [0.05, 0.1) is 11.1 Å². The summed E-state index contributed by atoms with van der Waals surface area (Å²) >= 11 is 0. The molecule has 0 atom stereocenters. The second-order valence-electron chi connectivity index (χ2n) is 4.05. The molecule has 5 rings (SSSR count). The fourth-order valence-electron chi connectivity index (χ4n) is 1.94. The summed E-state index contributed by atoms with van der Waals surface area (Å²) in [5.41, 5.74) is 1.00. The molecule has 0 fully saturated rings. The average Bonchev–Trinajstić information content (AvgIpc) is 2.40. The van der Waals surface area contributed by atoms with Gasteiger partial charge in [-0.1, -0.05) is 12.1 Å². The second-order valence-corrected chi connectivity index (χ2v) is 4.05. The third kappa shape index (κ3) is 1.82. The monoisotopic (exact) mass is 242 g/mol. The van der Waals surface area contributed by atoms with Crippen LogP contribution in [-0.2, 0) is 9.47 Å². The molecule has 3 heterocycles. The van der Waals surface area contributed by atoms with Crippen molar-refractivity contribution in [3.63, 3.8) is 0 Å². The SMILES string of the molecule is O=C1OCCOC(=O)c2ccc3cc1ccc3c2. The maximum absolute atomic E-state index is 11.7. The average molecular weight is 242 g/mol. The third-order valence-electron chi connectivity index (χ3n) is 2.86. The van der Waals surface area contributed by atoms with Gasteiger partial charge in [0.15, 0.2) is 0 Å². The summed E-state index contributed by atoms with van der Waals surface area (Å²) in [6, 6.07) is 10.5. The number of fused-ring (bicyclic) bond motifs is 2. The van der Waals surface area contributed by atoms with Crippen LogP contribution >= 0.6 is 0 Å². The molecule has 0 saturated heterocycles. The van der Waals surface area contributed by atoms with E-state index in [-0.39, 0.29) is 13.2 Å². The Labute approximate surface area is 103 Å². The number of hydrogen-bond acceptors (Lipinski definition) is 4. The van der Waals surface area contributed by atoms with Crippen LogP contribution in [0.5, 0.6) is 0 Å². The summed E-state index contributed by atoms with van der Waals surface area (Å²) in [6.07, 6.45) is 0. The summed E-state index contributed by atoms with van der Waals surface area (Å²) in [4.78, 5) is 23.4. The van der Waals surface area contributed by atoms with E-state index in [1.807, 2.05) is 0 Å². The largest absolute Gasteiger partial charge is 0.458 e. The highest BCUT2D eigenvalue weighted by Gasteiger charge is 2.13. The highest BCUT2D eigenvalue weighted by Crippen LogP contribution is 2.19. The van der Waals surface area contributed by atoms with E-state index in [0.29, 0.717) is 11.1 Å². The van der Waals surface area contributed by atoms with E-state index in [4.69, 9.17) is 9.47 Å². The Morgan fingerprint density at radius 3 is 1.61 bits per heavy atom. The molecule has 0 spiro atoms. The van der Waals surface area contributed by atoms with Crippen molar-refractivity contribution in [2.45, 2.75) is 0 Å². The maximum Gasteiger partial charge on any atom is 0.338 e. The molecule has 3 aliphatic rings. The van der Waals surface area contributed by atoms with Crippen LogP contribution < -0.4 is 0 Å². The van der Waals surface area contributed by atoms with Gasteiger partial charge in [0, 0.05) is 0 Å². The van der Waals surface area contributed by atoms with Crippen LogP contribution in [-0.4, -0.2) is 25.2 Å². The van der Waals surface area contributed by atoms with E-state index in [0.717, 1.165) is 10.8 Å². The van der Waals surface area contributed by atoms with Gasteiger partial charge in [0.2, 0.25) is 0 Å². The minimum absolute atomic E-state index is 0.0681. The normalized spacial score (nSPS) is 15.3. The lowest BCUT2D eigenvalue weighted by Crippen LogP contribution is -2.15. The molecule has 4 bridgehead atoms. The number of carbonyl (C=O) groups is 2. The molecule has 0 unspecified atom stereocenters. The smallest absolute Gasteiger partial charge is 0.338 e. The van der Waals surface area contributed by atoms with Gasteiger partial charge in [-0.15, -0.1) is 0 Å². The number of esters is 2. The standard InChI is InChI=1S/C14H10O4/c15-13-11-3-1-9-7-12(4-2-10(9)8-11)14(16)18-6-5-17-13/h1-4,7-8H,5-6H2. The van der Waals surface area contributed by atoms with Crippen LogP contribution in [0, 0.1) is 0 Å². The van der Waals surface area contributed by atoms with Crippen LogP contribution in [0.25, 0.3) is 10.8 Å². The van der Waals surface area contributed by atoms with E-state index >= 15 is 0 Å². The summed E-state index contributed by atoms with van der Waals surface area (Å²) in [6.45, 7) is 0.136. The molecule has 4 heteroatoms. The van der Waals surface area contributed by atoms with Crippen molar-refractivity contribution in [2.75, 3.05) is 13.2 Å². The van der Waals surface area contributed by atoms with Crippen molar-refractivity contribution in [3.8, 4) is 0 Å². The fraction of sp³-hybridized carbons (Fsp3) is 0.143. The predicted octanol–water partition coefficient (Wildman–Crippen LogP) is 2.17. The summed E-state index contributed by atoms with van der Waals surface area (Å²) < 4.78 is 9.99. The van der Waals surface area contributed by atoms with Gasteiger partial charge in [0.25, 0.3) is 0 Å². The number of rotatable bonds is 0. The Hall–Kier alpha value is -2.36. The van der Waals surface area contributed by atoms with Gasteiger partial charge in [-0.05, 0) is 35.0 Å². The first-order chi connectivity index (χ1) is 8.74. The summed E-state index contributed by atoms with van der Waals surface area (Å²) in [7, 11) is 0. The van der Waals surface area contributed by atoms with Crippen molar-refractivity contribution in [1.29, 1.82) is 0 Å². The molecule has 0 radical (unpaired) electrons. The van der Waals surface area contributed by atoms with Crippen molar-refractivity contribution in [3.05, 3.63) is 47.5 Å². The van der Waals surface area contributed by atoms with Crippen molar-refractivity contribution in [1.82, 2.24) is 0 Å². The van der Waals surface area contributed by atoms with Crippen LogP contribution in [0.15, 0.2) is 36.4 Å². The predicted molar refractivity (Wildman–Crippen MR) is 64.5 cm³/mol. The van der Waals surface area contributed by atoms with Crippen LogP contribution in [0.4, 0.5) is 0 Å². The van der Waals surface area contributed by atoms with Crippen LogP contribution in [0.3, 0.4) is 0 Å². The van der Waals surface area contributed by atoms with Gasteiger partial charge in [0.1, 0.15) is 13.2 Å². The number of benzene rings is 2. The molecule has 3 aliphatic heterocycles. The molecule has 90 valence electrons. The molecule has 0 amide bonds. The van der Waals surface area contributed by atoms with Gasteiger partial charge >= 0.3 is 11.9 Å². The first kappa shape index (κ1) is 10.8. The second kappa shape index (κ2) is 4.14. The Morgan fingerprint density at radius 2 is 1.17 bits per heavy atom. The third-order valence-corrected chi connectivity index (χ3v) is 2.86. The van der Waals surface area contributed by atoms with Gasteiger partial charge in [-0.2, -0.15) is 0 Å². The van der Waals surface area contributed by atoms with E-state index in [1.165, 1.54) is 0 Å². The van der Waals surface area contributed by atoms with Gasteiger partial charge in [-0.25, -0.2) is 9.59 Å². The van der Waals surface area contributed by atoms with E-state index in [1.54, 1.807) is 36.4 Å². The molecule has 0 aromatic heterocycles. The Bertz CT molecular complexity index is 588. The Morgan fingerprint density at radius 1 is 0.722 bits per heavy atom. The molecule has 0 N–H and O–H groups in total. The van der Waals surface area contributed by atoms with E-state index in [2.05, 4.69) is 0 Å². The quantitative estimate of drug-likeness (QED) is 0.664. The minimum Gasteiger partial charge on any atom is -0.458 e. The van der Waals surface area contributed by atoms with Crippen molar-refractivity contribution >= 4 is 22.7 Å². The summed E-state index contributed by atoms with van der Waals surface area (Å²) in [5.74, 6) is -0.810. The first-order valence-electron chi connectivity index (χ1n) is 5.62. The lowest BCUT2D eigenvalue weighted by molar-refractivity contribution is 0.0265. The zero-order valence-corrected chi connectivity index (χ0v) is 9.51. The molecule has 0 aliphatic carbocycles. The van der Waals surface area contributed by atoms with Crippen molar-refractivity contribution < 1.29 is 19.1 Å². The number of carbonyl (C=O) groups excluding carboxylic acids is 2. The summed E-state index contributed by atoms with van der Waals surface area (Å²) in [5, 5.41) is 1.78. The number of ether oxygens (including phenoxy) is 2. The molecule has 0 saturated carbocycles. The van der Waals surface area contributed by atoms with Crippen LogP contribution in [0.1, 0.15) is 20.7 Å². The number of hydrogen-bond donors (Lipinski definition) is 0.